The van der Waals surface area contributed by atoms with Gasteiger partial charge in [-0.1, -0.05) is 24.8 Å². The number of aromatic nitrogens is 1. The highest BCUT2D eigenvalue weighted by atomic mass is 19.4. The Morgan fingerprint density at radius 2 is 1.51 bits per heavy atom. The number of benzene rings is 2. The van der Waals surface area contributed by atoms with Crippen LogP contribution < -0.4 is 4.90 Å². The molecule has 4 rings (SSSR count). The number of hydrogen-bond donors (Lipinski definition) is 0. The van der Waals surface area contributed by atoms with E-state index in [1.54, 1.807) is 11.8 Å². The zero-order valence-electron chi connectivity index (χ0n) is 22.7. The molecule has 3 aromatic rings. The molecule has 0 saturated carbocycles. The summed E-state index contributed by atoms with van der Waals surface area (Å²) in [5.74, 6) is -2.14. The first-order chi connectivity index (χ1) is 20.2. The summed E-state index contributed by atoms with van der Waals surface area (Å²) in [7, 11) is 0. The van der Waals surface area contributed by atoms with E-state index in [2.05, 4.69) is 21.5 Å². The zero-order valence-corrected chi connectivity index (χ0v) is 22.7. The lowest BCUT2D eigenvalue weighted by atomic mass is 10.1. The van der Waals surface area contributed by atoms with Crippen LogP contribution in [0.5, 0.6) is 0 Å². The van der Waals surface area contributed by atoms with Gasteiger partial charge in [0.25, 0.3) is 0 Å². The number of alkyl halides is 6. The second kappa shape index (κ2) is 12.8. The fourth-order valence-corrected chi connectivity index (χ4v) is 4.33. The predicted octanol–water partition coefficient (Wildman–Crippen LogP) is 7.18. The van der Waals surface area contributed by atoms with Gasteiger partial charge < -0.3 is 14.5 Å². The number of aliphatic imine (C=N–C) groups is 2. The van der Waals surface area contributed by atoms with E-state index < -0.39 is 47.7 Å². The monoisotopic (exact) mass is 611 g/mol. The smallest absolute Gasteiger partial charge is 0.419 e. The Kier molecular flexibility index (Phi) is 9.36. The van der Waals surface area contributed by atoms with Gasteiger partial charge in [-0.05, 0) is 43.3 Å². The molecule has 0 N–H and O–H groups in total. The Hall–Kier alpha value is -4.49. The van der Waals surface area contributed by atoms with Crippen molar-refractivity contribution in [2.75, 3.05) is 31.1 Å². The lowest BCUT2D eigenvalue weighted by Crippen LogP contribution is -2.49. The molecule has 2 heterocycles. The van der Waals surface area contributed by atoms with E-state index in [9.17, 15) is 35.1 Å². The van der Waals surface area contributed by atoms with Gasteiger partial charge in [-0.2, -0.15) is 36.3 Å². The average Bonchev–Trinajstić information content (AvgIpc) is 2.96. The Bertz CT molecular complexity index is 1530. The number of ether oxygens (including phenoxy) is 1. The maximum absolute atomic E-state index is 13.8. The van der Waals surface area contributed by atoms with Crippen molar-refractivity contribution in [1.82, 2.24) is 9.88 Å². The van der Waals surface area contributed by atoms with Crippen molar-refractivity contribution in [1.29, 1.82) is 0 Å². The van der Waals surface area contributed by atoms with Gasteiger partial charge in [0.1, 0.15) is 18.3 Å². The molecule has 0 aliphatic carbocycles. The van der Waals surface area contributed by atoms with Crippen LogP contribution in [0.1, 0.15) is 29.2 Å². The van der Waals surface area contributed by atoms with Crippen molar-refractivity contribution in [3.05, 3.63) is 101 Å². The fraction of sp³-hybridized carbons (Fsp3) is 0.276. The molecule has 0 spiro atoms. The zero-order chi connectivity index (χ0) is 31.4. The van der Waals surface area contributed by atoms with Gasteiger partial charge in [-0.25, -0.2) is 13.8 Å². The summed E-state index contributed by atoms with van der Waals surface area (Å²) in [6.45, 7) is 5.51. The van der Waals surface area contributed by atoms with Gasteiger partial charge in [-0.3, -0.25) is 0 Å². The lowest BCUT2D eigenvalue weighted by molar-refractivity contribution is -0.139. The molecule has 43 heavy (non-hydrogen) atoms. The van der Waals surface area contributed by atoms with Gasteiger partial charge in [0.15, 0.2) is 11.6 Å². The molecule has 0 unspecified atom stereocenters. The molecule has 0 amide bonds. The predicted molar refractivity (Wildman–Crippen MR) is 145 cm³/mol. The van der Waals surface area contributed by atoms with E-state index in [4.69, 9.17) is 4.74 Å². The van der Waals surface area contributed by atoms with Crippen molar-refractivity contribution >= 4 is 23.4 Å². The lowest BCUT2D eigenvalue weighted by Gasteiger charge is -2.37. The van der Waals surface area contributed by atoms with E-state index >= 15 is 0 Å². The van der Waals surface area contributed by atoms with Crippen molar-refractivity contribution in [3.8, 4) is 0 Å². The maximum atomic E-state index is 13.8. The molecule has 0 bridgehead atoms. The molecule has 1 saturated heterocycles. The number of pyridine rings is 1. The molecule has 228 valence electrons. The third-order valence-corrected chi connectivity index (χ3v) is 6.55. The Morgan fingerprint density at radius 3 is 2.16 bits per heavy atom. The molecule has 2 aromatic carbocycles. The molecule has 1 aliphatic rings. The number of rotatable bonds is 5. The van der Waals surface area contributed by atoms with Gasteiger partial charge in [0, 0.05) is 43.5 Å². The molecule has 14 heteroatoms. The number of amidine groups is 2. The van der Waals surface area contributed by atoms with Crippen LogP contribution in [0.2, 0.25) is 0 Å². The SMILES string of the molecule is C=C(N=C(/N=C(\C)N1CCN(c2ncccc2C(F)(F)F)CC1)OCc1ccccc1C(F)(F)F)c1ccc(F)c(F)c1. The summed E-state index contributed by atoms with van der Waals surface area (Å²) in [4.78, 5) is 15.6. The van der Waals surface area contributed by atoms with Crippen molar-refractivity contribution in [2.24, 2.45) is 9.98 Å². The Morgan fingerprint density at radius 1 is 0.860 bits per heavy atom. The van der Waals surface area contributed by atoms with Gasteiger partial charge in [-0.15, -0.1) is 0 Å². The van der Waals surface area contributed by atoms with Gasteiger partial charge in [0.05, 0.1) is 16.8 Å². The summed E-state index contributed by atoms with van der Waals surface area (Å²) in [6, 6.07) is 9.45. The second-order valence-electron chi connectivity index (χ2n) is 9.42. The van der Waals surface area contributed by atoms with E-state index in [0.29, 0.717) is 5.84 Å². The van der Waals surface area contributed by atoms with Crippen LogP contribution >= 0.6 is 0 Å². The van der Waals surface area contributed by atoms with Crippen LogP contribution in [-0.4, -0.2) is 47.9 Å². The molecule has 0 radical (unpaired) electrons. The second-order valence-corrected chi connectivity index (χ2v) is 9.42. The van der Waals surface area contributed by atoms with Gasteiger partial charge >= 0.3 is 18.4 Å². The van der Waals surface area contributed by atoms with Crippen LogP contribution in [0.3, 0.4) is 0 Å². The largest absolute Gasteiger partial charge is 0.459 e. The van der Waals surface area contributed by atoms with Crippen LogP contribution in [0.25, 0.3) is 5.70 Å². The van der Waals surface area contributed by atoms with Crippen molar-refractivity contribution < 1.29 is 39.9 Å². The quantitative estimate of drug-likeness (QED) is 0.174. The molecule has 6 nitrogen and oxygen atoms in total. The van der Waals surface area contributed by atoms with Crippen LogP contribution in [0, 0.1) is 11.6 Å². The Labute approximate surface area is 241 Å². The molecular weight excluding hydrogens is 586 g/mol. The molecular formula is C29H25F8N5O. The minimum atomic E-state index is -4.65. The maximum Gasteiger partial charge on any atom is 0.419 e. The van der Waals surface area contributed by atoms with Crippen LogP contribution in [0.4, 0.5) is 40.9 Å². The first-order valence-corrected chi connectivity index (χ1v) is 12.8. The molecule has 0 atom stereocenters. The highest BCUT2D eigenvalue weighted by Crippen LogP contribution is 2.35. The summed E-state index contributed by atoms with van der Waals surface area (Å²) in [5.41, 5.74) is -1.99. The Balaban J connectivity index is 1.57. The summed E-state index contributed by atoms with van der Waals surface area (Å²) in [5, 5.41) is 0. The molecule has 1 aromatic heterocycles. The van der Waals surface area contributed by atoms with Crippen molar-refractivity contribution in [2.45, 2.75) is 25.9 Å². The summed E-state index contributed by atoms with van der Waals surface area (Å²) in [6.07, 6.45) is -7.95. The minimum absolute atomic E-state index is 0.0768. The van der Waals surface area contributed by atoms with E-state index in [-0.39, 0.29) is 48.8 Å². The minimum Gasteiger partial charge on any atom is -0.459 e. The van der Waals surface area contributed by atoms with E-state index in [1.807, 2.05) is 0 Å². The first-order valence-electron chi connectivity index (χ1n) is 12.8. The van der Waals surface area contributed by atoms with Crippen molar-refractivity contribution in [3.63, 3.8) is 0 Å². The molecule has 1 fully saturated rings. The number of nitrogens with zero attached hydrogens (tertiary/aromatic N) is 5. The fourth-order valence-electron chi connectivity index (χ4n) is 4.33. The summed E-state index contributed by atoms with van der Waals surface area (Å²) >= 11 is 0. The highest BCUT2D eigenvalue weighted by molar-refractivity contribution is 5.94. The van der Waals surface area contributed by atoms with Crippen LogP contribution in [0.15, 0.2) is 77.4 Å². The van der Waals surface area contributed by atoms with E-state index in [0.717, 1.165) is 24.3 Å². The third kappa shape index (κ3) is 7.87. The average molecular weight is 612 g/mol. The molecule has 1 aliphatic heterocycles. The number of piperazine rings is 1. The standard InChI is InChI=1S/C29H25F8N5O/c1-18(20-9-10-24(30)25(31)16-20)39-27(43-17-21-6-3-4-7-22(21)28(32,33)34)40-19(2)41-12-14-42(15-13-41)26-23(29(35,36)37)8-5-11-38-26/h3-11,16H,1,12-15,17H2,2H3/b39-27?,40-19+. The van der Waals surface area contributed by atoms with Crippen LogP contribution in [-0.2, 0) is 23.7 Å². The van der Waals surface area contributed by atoms with Gasteiger partial charge in [0.2, 0.25) is 0 Å². The first kappa shape index (κ1) is 31.4. The topological polar surface area (TPSA) is 53.3 Å². The summed E-state index contributed by atoms with van der Waals surface area (Å²) < 4.78 is 114. The highest BCUT2D eigenvalue weighted by Gasteiger charge is 2.36. The number of halogens is 8. The number of anilines is 1. The third-order valence-electron chi connectivity index (χ3n) is 6.55. The van der Waals surface area contributed by atoms with E-state index in [1.165, 1.54) is 41.4 Å². The number of hydrogen-bond acceptors (Lipinski definition) is 4. The normalized spacial score (nSPS) is 15.1.